The lowest BCUT2D eigenvalue weighted by Crippen LogP contribution is -2.03. The molecule has 0 radical (unpaired) electrons. The monoisotopic (exact) mass is 239 g/mol. The number of ether oxygens (including phenoxy) is 1. The number of hydrogen-bond acceptors (Lipinski definition) is 2. The van der Waals surface area contributed by atoms with Gasteiger partial charge in [0.2, 0.25) is 5.65 Å². The zero-order chi connectivity index (χ0) is 11.8. The minimum atomic E-state index is 0.110. The molecule has 0 spiro atoms. The Kier molecular flexibility index (Phi) is 5.87. The third-order valence-corrected chi connectivity index (χ3v) is 3.21. The van der Waals surface area contributed by atoms with Gasteiger partial charge >= 0.3 is 0 Å². The van der Waals surface area contributed by atoms with Crippen molar-refractivity contribution < 1.29 is 9.53 Å². The van der Waals surface area contributed by atoms with Gasteiger partial charge < -0.3 is 10.1 Å². The van der Waals surface area contributed by atoms with Gasteiger partial charge in [0, 0.05) is 5.69 Å². The molecule has 88 valence electrons. The van der Waals surface area contributed by atoms with Crippen LogP contribution in [0.2, 0.25) is 0 Å². The van der Waals surface area contributed by atoms with E-state index in [-0.39, 0.29) is 5.65 Å². The highest BCUT2D eigenvalue weighted by molar-refractivity contribution is 7.58. The van der Waals surface area contributed by atoms with E-state index in [9.17, 15) is 4.79 Å². The third kappa shape index (κ3) is 4.63. The molecule has 1 N–H and O–H groups in total. The summed E-state index contributed by atoms with van der Waals surface area (Å²) >= 11 is 0. The van der Waals surface area contributed by atoms with Crippen LogP contribution in [-0.4, -0.2) is 18.9 Å². The molecule has 1 aromatic carbocycles. The smallest absolute Gasteiger partial charge is 0.242 e. The molecule has 1 unspecified atom stereocenters. The predicted molar refractivity (Wildman–Crippen MR) is 70.1 cm³/mol. The molecule has 4 heteroatoms. The number of anilines is 1. The van der Waals surface area contributed by atoms with Crippen molar-refractivity contribution in [3.8, 4) is 5.75 Å². The number of nitrogens with one attached hydrogen (secondary N) is 1. The molecule has 0 saturated carbocycles. The maximum atomic E-state index is 11.5. The van der Waals surface area contributed by atoms with Gasteiger partial charge in [0.15, 0.2) is 0 Å². The first-order valence-corrected chi connectivity index (χ1v) is 6.66. The van der Waals surface area contributed by atoms with Crippen molar-refractivity contribution in [3.63, 3.8) is 0 Å². The van der Waals surface area contributed by atoms with Gasteiger partial charge in [0.1, 0.15) is 5.75 Å². The van der Waals surface area contributed by atoms with Crippen molar-refractivity contribution in [1.29, 1.82) is 0 Å². The fourth-order valence-electron chi connectivity index (χ4n) is 1.23. The number of amides is 1. The number of methoxy groups -OCH3 is 1. The second-order valence-corrected chi connectivity index (χ2v) is 4.77. The van der Waals surface area contributed by atoms with Gasteiger partial charge in [-0.05, 0) is 45.4 Å². The molecule has 0 heterocycles. The number of benzene rings is 1. The van der Waals surface area contributed by atoms with E-state index in [2.05, 4.69) is 12.2 Å². The van der Waals surface area contributed by atoms with Gasteiger partial charge in [-0.2, -0.15) is 0 Å². The summed E-state index contributed by atoms with van der Waals surface area (Å²) < 4.78 is 5.04. The Morgan fingerprint density at radius 1 is 1.38 bits per heavy atom. The molecule has 0 aromatic heterocycles. The zero-order valence-electron chi connectivity index (χ0n) is 9.75. The number of carbonyl (C=O) groups is 1. The maximum Gasteiger partial charge on any atom is 0.242 e. The van der Waals surface area contributed by atoms with E-state index in [1.54, 1.807) is 7.11 Å². The summed E-state index contributed by atoms with van der Waals surface area (Å²) in [6.45, 7) is 2.13. The Labute approximate surface area is 98.4 Å². The van der Waals surface area contributed by atoms with Crippen LogP contribution in [0.5, 0.6) is 5.75 Å². The van der Waals surface area contributed by atoms with Crippen molar-refractivity contribution in [2.75, 3.05) is 18.6 Å². The fraction of sp³-hybridized carbons (Fsp3) is 0.417. The molecule has 0 fully saturated rings. The van der Waals surface area contributed by atoms with Crippen LogP contribution in [0.3, 0.4) is 0 Å². The van der Waals surface area contributed by atoms with Crippen molar-refractivity contribution in [2.24, 2.45) is 0 Å². The maximum absolute atomic E-state index is 11.5. The van der Waals surface area contributed by atoms with Crippen LogP contribution in [0.25, 0.3) is 0 Å². The quantitative estimate of drug-likeness (QED) is 0.607. The van der Waals surface area contributed by atoms with Gasteiger partial charge in [-0.1, -0.05) is 13.3 Å². The number of unbranched alkanes of at least 4 members (excludes halogenated alkanes) is 1. The number of hydrogen-bond donors (Lipinski definition) is 1. The highest BCUT2D eigenvalue weighted by Gasteiger charge is 2.01. The summed E-state index contributed by atoms with van der Waals surface area (Å²) in [6.07, 6.45) is 3.25. The molecule has 16 heavy (non-hydrogen) atoms. The minimum Gasteiger partial charge on any atom is -0.497 e. The Bertz CT molecular complexity index is 324. The Balaban J connectivity index is 2.37. The van der Waals surface area contributed by atoms with E-state index in [0.717, 1.165) is 30.4 Å². The molecule has 3 nitrogen and oxygen atoms in total. The third-order valence-electron chi connectivity index (χ3n) is 2.16. The highest BCUT2D eigenvalue weighted by Crippen LogP contribution is 2.20. The molecule has 0 aliphatic rings. The summed E-state index contributed by atoms with van der Waals surface area (Å²) in [5, 5.41) is 2.87. The Morgan fingerprint density at radius 2 is 2.06 bits per heavy atom. The van der Waals surface area contributed by atoms with Crippen LogP contribution in [-0.2, 0) is 0 Å². The fourth-order valence-corrected chi connectivity index (χ4v) is 2.22. The molecule has 0 bridgehead atoms. The van der Waals surface area contributed by atoms with E-state index in [0.29, 0.717) is 8.58 Å². The van der Waals surface area contributed by atoms with E-state index < -0.39 is 0 Å². The molecule has 1 aromatic rings. The molecule has 0 aliphatic carbocycles. The normalized spacial score (nSPS) is 10.6. The van der Waals surface area contributed by atoms with Crippen molar-refractivity contribution in [2.45, 2.75) is 19.8 Å². The molecular formula is C12H18NO2P. The van der Waals surface area contributed by atoms with E-state index >= 15 is 0 Å². The van der Waals surface area contributed by atoms with E-state index in [4.69, 9.17) is 4.74 Å². The van der Waals surface area contributed by atoms with Gasteiger partial charge in [-0.3, -0.25) is 4.79 Å². The van der Waals surface area contributed by atoms with Crippen molar-refractivity contribution in [3.05, 3.63) is 24.3 Å². The number of carbonyl (C=O) groups excluding carboxylic acids is 1. The molecule has 1 atom stereocenters. The molecule has 0 saturated heterocycles. The largest absolute Gasteiger partial charge is 0.497 e. The minimum absolute atomic E-state index is 0.110. The van der Waals surface area contributed by atoms with Crippen LogP contribution >= 0.6 is 8.58 Å². The van der Waals surface area contributed by atoms with E-state index in [1.807, 2.05) is 24.3 Å². The summed E-state index contributed by atoms with van der Waals surface area (Å²) in [4.78, 5) is 11.5. The van der Waals surface area contributed by atoms with Crippen LogP contribution < -0.4 is 10.1 Å². The van der Waals surface area contributed by atoms with Crippen LogP contribution in [0.15, 0.2) is 24.3 Å². The second-order valence-electron chi connectivity index (χ2n) is 3.46. The van der Waals surface area contributed by atoms with Gasteiger partial charge in [0.05, 0.1) is 7.11 Å². The van der Waals surface area contributed by atoms with Crippen LogP contribution in [0.4, 0.5) is 10.5 Å². The first kappa shape index (κ1) is 13.0. The van der Waals surface area contributed by atoms with Crippen LogP contribution in [0, 0.1) is 0 Å². The molecule has 1 rings (SSSR count). The summed E-state index contributed by atoms with van der Waals surface area (Å²) in [5.74, 6) is 0.798. The lowest BCUT2D eigenvalue weighted by Gasteiger charge is -2.05. The summed E-state index contributed by atoms with van der Waals surface area (Å²) in [6, 6.07) is 7.37. The van der Waals surface area contributed by atoms with Crippen molar-refractivity contribution in [1.82, 2.24) is 0 Å². The average molecular weight is 239 g/mol. The highest BCUT2D eigenvalue weighted by atomic mass is 31.1. The van der Waals surface area contributed by atoms with Gasteiger partial charge in [0.25, 0.3) is 0 Å². The van der Waals surface area contributed by atoms with Crippen molar-refractivity contribution >= 4 is 19.9 Å². The SMILES string of the molecule is CCCCPC(=O)Nc1ccc(OC)cc1. The standard InChI is InChI=1S/C12H18NO2P/c1-3-4-9-16-12(14)13-10-5-7-11(15-2)8-6-10/h5-8,16H,3-4,9H2,1-2H3,(H,13,14). The topological polar surface area (TPSA) is 38.3 Å². The zero-order valence-corrected chi connectivity index (χ0v) is 10.7. The lowest BCUT2D eigenvalue weighted by atomic mass is 10.3. The Morgan fingerprint density at radius 3 is 2.62 bits per heavy atom. The lowest BCUT2D eigenvalue weighted by molar-refractivity contribution is 0.269. The second kappa shape index (κ2) is 7.24. The summed E-state index contributed by atoms with van der Waals surface area (Å²) in [5.41, 5.74) is 0.938. The first-order valence-electron chi connectivity index (χ1n) is 5.45. The molecular weight excluding hydrogens is 221 g/mol. The molecule has 1 amide bonds. The molecule has 0 aliphatic heterocycles. The van der Waals surface area contributed by atoms with Crippen LogP contribution in [0.1, 0.15) is 19.8 Å². The van der Waals surface area contributed by atoms with Gasteiger partial charge in [-0.15, -0.1) is 0 Å². The van der Waals surface area contributed by atoms with E-state index in [1.165, 1.54) is 0 Å². The summed E-state index contributed by atoms with van der Waals surface area (Å²) in [7, 11) is 1.98. The van der Waals surface area contributed by atoms with Gasteiger partial charge in [-0.25, -0.2) is 0 Å². The first-order chi connectivity index (χ1) is 7.76. The average Bonchev–Trinajstić information content (AvgIpc) is 2.30. The Hall–Kier alpha value is -1.08. The number of rotatable bonds is 6. The predicted octanol–water partition coefficient (Wildman–Crippen LogP) is 3.71.